The number of imide groups is 1. The molecule has 1 unspecified atom stereocenters. The normalized spacial score (nSPS) is 23.6. The van der Waals surface area contributed by atoms with Gasteiger partial charge in [-0.3, -0.25) is 9.59 Å². The summed E-state index contributed by atoms with van der Waals surface area (Å²) in [5.74, 6) is -0.206. The molecular weight excluding hydrogens is 274 g/mol. The molecule has 5 nitrogen and oxygen atoms in total. The zero-order chi connectivity index (χ0) is 14.3. The van der Waals surface area contributed by atoms with E-state index in [1.54, 1.807) is 0 Å². The second-order valence-corrected chi connectivity index (χ2v) is 6.86. The van der Waals surface area contributed by atoms with E-state index >= 15 is 0 Å². The summed E-state index contributed by atoms with van der Waals surface area (Å²) in [7, 11) is 0. The van der Waals surface area contributed by atoms with E-state index in [2.05, 4.69) is 4.98 Å². The van der Waals surface area contributed by atoms with Gasteiger partial charge in [-0.25, -0.2) is 9.88 Å². The van der Waals surface area contributed by atoms with Gasteiger partial charge in [0.1, 0.15) is 0 Å². The van der Waals surface area contributed by atoms with Crippen molar-refractivity contribution in [2.75, 3.05) is 4.90 Å². The van der Waals surface area contributed by atoms with Gasteiger partial charge in [0.25, 0.3) is 0 Å². The smallest absolute Gasteiger partial charge is 0.236 e. The molecule has 108 valence electrons. The molecule has 1 saturated heterocycles. The average Bonchev–Trinajstić information content (AvgIpc) is 2.98. The molecule has 1 saturated carbocycles. The zero-order valence-corrected chi connectivity index (χ0v) is 12.4. The standard InChI is InChI=1S/C14H19N3O2S/c1-9(15)10-8-20-13(16-10)17-11(18)6-14(7-12(17)19)4-2-3-5-14/h8-9H,2-7,15H2,1H3. The summed E-state index contributed by atoms with van der Waals surface area (Å²) in [6.45, 7) is 1.84. The predicted molar refractivity (Wildman–Crippen MR) is 77.3 cm³/mol. The topological polar surface area (TPSA) is 76.3 Å². The number of hydrogen-bond acceptors (Lipinski definition) is 5. The first-order valence-corrected chi connectivity index (χ1v) is 7.96. The number of hydrogen-bond donors (Lipinski definition) is 1. The fourth-order valence-corrected chi connectivity index (χ4v) is 4.24. The molecule has 0 radical (unpaired) electrons. The lowest BCUT2D eigenvalue weighted by Gasteiger charge is -2.36. The summed E-state index contributed by atoms with van der Waals surface area (Å²) in [6.07, 6.45) is 5.22. The van der Waals surface area contributed by atoms with Crippen molar-refractivity contribution in [1.82, 2.24) is 4.98 Å². The molecule has 1 aliphatic carbocycles. The molecule has 2 heterocycles. The van der Waals surface area contributed by atoms with E-state index in [9.17, 15) is 9.59 Å². The molecule has 0 aromatic carbocycles. The van der Waals surface area contributed by atoms with Crippen LogP contribution in [0.4, 0.5) is 5.13 Å². The van der Waals surface area contributed by atoms with Crippen LogP contribution in [0.2, 0.25) is 0 Å². The van der Waals surface area contributed by atoms with Gasteiger partial charge in [0, 0.05) is 24.3 Å². The molecular formula is C14H19N3O2S. The fraction of sp³-hybridized carbons (Fsp3) is 0.643. The molecule has 2 N–H and O–H groups in total. The van der Waals surface area contributed by atoms with E-state index in [4.69, 9.17) is 5.73 Å². The lowest BCUT2D eigenvalue weighted by atomic mass is 9.76. The predicted octanol–water partition coefficient (Wildman–Crippen LogP) is 2.38. The Balaban J connectivity index is 1.83. The van der Waals surface area contributed by atoms with Crippen LogP contribution < -0.4 is 10.6 Å². The molecule has 1 aliphatic heterocycles. The number of anilines is 1. The van der Waals surface area contributed by atoms with E-state index in [1.165, 1.54) is 16.2 Å². The lowest BCUT2D eigenvalue weighted by molar-refractivity contribution is -0.133. The number of rotatable bonds is 2. The van der Waals surface area contributed by atoms with Crippen molar-refractivity contribution >= 4 is 28.3 Å². The minimum Gasteiger partial charge on any atom is -0.323 e. The van der Waals surface area contributed by atoms with Crippen LogP contribution in [-0.4, -0.2) is 16.8 Å². The Morgan fingerprint density at radius 2 is 1.90 bits per heavy atom. The van der Waals surface area contributed by atoms with Gasteiger partial charge >= 0.3 is 0 Å². The van der Waals surface area contributed by atoms with Crippen molar-refractivity contribution in [2.24, 2.45) is 11.1 Å². The van der Waals surface area contributed by atoms with Gasteiger partial charge in [-0.05, 0) is 25.2 Å². The molecule has 1 aromatic rings. The van der Waals surface area contributed by atoms with Crippen molar-refractivity contribution in [1.29, 1.82) is 0 Å². The number of nitrogens with two attached hydrogens (primary N) is 1. The highest BCUT2D eigenvalue weighted by atomic mass is 32.1. The number of aromatic nitrogens is 1. The van der Waals surface area contributed by atoms with Gasteiger partial charge in [0.2, 0.25) is 11.8 Å². The Bertz CT molecular complexity index is 526. The largest absolute Gasteiger partial charge is 0.323 e. The number of piperidine rings is 1. The van der Waals surface area contributed by atoms with Crippen molar-refractivity contribution in [3.05, 3.63) is 11.1 Å². The Kier molecular flexibility index (Phi) is 3.38. The van der Waals surface area contributed by atoms with Crippen LogP contribution in [0.5, 0.6) is 0 Å². The lowest BCUT2D eigenvalue weighted by Crippen LogP contribution is -2.47. The Labute approximate surface area is 122 Å². The highest BCUT2D eigenvalue weighted by Crippen LogP contribution is 2.47. The third-order valence-corrected chi connectivity index (χ3v) is 5.23. The number of nitrogens with zero attached hydrogens (tertiary/aromatic N) is 2. The zero-order valence-electron chi connectivity index (χ0n) is 11.6. The summed E-state index contributed by atoms with van der Waals surface area (Å²) in [5, 5.41) is 2.29. The minimum absolute atomic E-state index is 0.0636. The van der Waals surface area contributed by atoms with Gasteiger partial charge < -0.3 is 5.73 Å². The second-order valence-electron chi connectivity index (χ2n) is 6.03. The molecule has 6 heteroatoms. The third-order valence-electron chi connectivity index (χ3n) is 4.38. The first-order chi connectivity index (χ1) is 9.51. The van der Waals surface area contributed by atoms with Crippen LogP contribution in [0, 0.1) is 5.41 Å². The number of amides is 2. The highest BCUT2D eigenvalue weighted by molar-refractivity contribution is 7.14. The van der Waals surface area contributed by atoms with Crippen molar-refractivity contribution in [3.8, 4) is 0 Å². The maximum Gasteiger partial charge on any atom is 0.236 e. The quantitative estimate of drug-likeness (QED) is 0.849. The summed E-state index contributed by atoms with van der Waals surface area (Å²) < 4.78 is 0. The molecule has 1 spiro atoms. The SMILES string of the molecule is CC(N)c1csc(N2C(=O)CC3(CCCC3)CC2=O)n1. The van der Waals surface area contributed by atoms with Crippen molar-refractivity contribution < 1.29 is 9.59 Å². The number of carbonyl (C=O) groups excluding carboxylic acids is 2. The van der Waals surface area contributed by atoms with E-state index < -0.39 is 0 Å². The van der Waals surface area contributed by atoms with Gasteiger partial charge in [-0.2, -0.15) is 0 Å². The Morgan fingerprint density at radius 3 is 2.40 bits per heavy atom. The Hall–Kier alpha value is -1.27. The van der Waals surface area contributed by atoms with Gasteiger partial charge in [-0.1, -0.05) is 12.8 Å². The number of carbonyl (C=O) groups is 2. The third kappa shape index (κ3) is 2.27. The molecule has 2 aliphatic rings. The summed E-state index contributed by atoms with van der Waals surface area (Å²) >= 11 is 1.32. The van der Waals surface area contributed by atoms with E-state index in [0.29, 0.717) is 18.0 Å². The van der Waals surface area contributed by atoms with Crippen LogP contribution >= 0.6 is 11.3 Å². The highest BCUT2D eigenvalue weighted by Gasteiger charge is 2.46. The van der Waals surface area contributed by atoms with E-state index in [0.717, 1.165) is 31.4 Å². The Morgan fingerprint density at radius 1 is 1.30 bits per heavy atom. The van der Waals surface area contributed by atoms with Gasteiger partial charge in [-0.15, -0.1) is 11.3 Å². The molecule has 1 aromatic heterocycles. The van der Waals surface area contributed by atoms with Crippen LogP contribution in [0.25, 0.3) is 0 Å². The van der Waals surface area contributed by atoms with Crippen LogP contribution in [0.15, 0.2) is 5.38 Å². The van der Waals surface area contributed by atoms with Crippen LogP contribution in [0.1, 0.15) is 57.2 Å². The minimum atomic E-state index is -0.184. The van der Waals surface area contributed by atoms with Crippen LogP contribution in [0.3, 0.4) is 0 Å². The van der Waals surface area contributed by atoms with Crippen molar-refractivity contribution in [2.45, 2.75) is 51.5 Å². The average molecular weight is 293 g/mol. The number of thiazole rings is 1. The molecule has 0 bridgehead atoms. The fourth-order valence-electron chi connectivity index (χ4n) is 3.28. The van der Waals surface area contributed by atoms with Crippen LogP contribution in [-0.2, 0) is 9.59 Å². The second kappa shape index (κ2) is 4.93. The van der Waals surface area contributed by atoms with E-state index in [1.807, 2.05) is 12.3 Å². The summed E-state index contributed by atoms with van der Waals surface area (Å²) in [6, 6.07) is -0.184. The van der Waals surface area contributed by atoms with Gasteiger partial charge in [0.15, 0.2) is 5.13 Å². The molecule has 2 amide bonds. The maximum atomic E-state index is 12.4. The maximum absolute atomic E-state index is 12.4. The molecule has 20 heavy (non-hydrogen) atoms. The summed E-state index contributed by atoms with van der Waals surface area (Å²) in [4.78, 5) is 30.4. The molecule has 1 atom stereocenters. The summed E-state index contributed by atoms with van der Waals surface area (Å²) in [5.41, 5.74) is 6.44. The first kappa shape index (κ1) is 13.7. The molecule has 3 rings (SSSR count). The van der Waals surface area contributed by atoms with Gasteiger partial charge in [0.05, 0.1) is 5.69 Å². The van der Waals surface area contributed by atoms with E-state index in [-0.39, 0.29) is 23.3 Å². The first-order valence-electron chi connectivity index (χ1n) is 7.08. The molecule has 2 fully saturated rings. The van der Waals surface area contributed by atoms with Crippen molar-refractivity contribution in [3.63, 3.8) is 0 Å². The monoisotopic (exact) mass is 293 g/mol.